The summed E-state index contributed by atoms with van der Waals surface area (Å²) in [5, 5.41) is 2.26. The Balaban J connectivity index is 1.36. The molecule has 1 fully saturated rings. The number of ether oxygens (including phenoxy) is 1. The molecular formula is C20H17F3N4O4S. The first-order valence-corrected chi connectivity index (χ1v) is 10.4. The first-order valence-electron chi connectivity index (χ1n) is 9.47. The highest BCUT2D eigenvalue weighted by molar-refractivity contribution is 7.13. The Morgan fingerprint density at radius 2 is 1.81 bits per heavy atom. The Kier molecular flexibility index (Phi) is 6.15. The number of nitrogens with one attached hydrogen (secondary N) is 2. The van der Waals surface area contributed by atoms with E-state index in [0.29, 0.717) is 31.4 Å². The summed E-state index contributed by atoms with van der Waals surface area (Å²) in [6, 6.07) is 7.23. The summed E-state index contributed by atoms with van der Waals surface area (Å²) in [4.78, 5) is 30.8. The largest absolute Gasteiger partial charge is 0.451 e. The summed E-state index contributed by atoms with van der Waals surface area (Å²) in [6.07, 6.45) is -4.50. The van der Waals surface area contributed by atoms with Crippen LogP contribution in [0.25, 0.3) is 11.3 Å². The molecule has 1 aromatic carbocycles. The molecule has 8 nitrogen and oxygen atoms in total. The zero-order chi connectivity index (χ0) is 22.7. The van der Waals surface area contributed by atoms with E-state index < -0.39 is 23.6 Å². The van der Waals surface area contributed by atoms with Gasteiger partial charge in [-0.25, -0.2) is 4.98 Å². The van der Waals surface area contributed by atoms with Gasteiger partial charge in [0.1, 0.15) is 11.5 Å². The van der Waals surface area contributed by atoms with Crippen LogP contribution in [0, 0.1) is 0 Å². The molecule has 1 aliphatic rings. The van der Waals surface area contributed by atoms with Crippen LogP contribution in [0.1, 0.15) is 26.6 Å². The van der Waals surface area contributed by atoms with Crippen LogP contribution in [-0.4, -0.2) is 43.1 Å². The minimum atomic E-state index is -4.50. The number of carbonyl (C=O) groups is 2. The molecule has 3 aromatic rings. The second-order valence-electron chi connectivity index (χ2n) is 6.77. The third kappa shape index (κ3) is 4.92. The van der Waals surface area contributed by atoms with Crippen molar-refractivity contribution in [2.24, 2.45) is 0 Å². The SMILES string of the molecule is O=C(NNC(=O)c1ccc(-c2cccc(C(F)(F)F)c2)o1)c1csc(N2CCOCC2)n1. The van der Waals surface area contributed by atoms with E-state index in [1.807, 2.05) is 4.90 Å². The molecule has 2 aromatic heterocycles. The van der Waals surface area contributed by atoms with Crippen molar-refractivity contribution in [2.75, 3.05) is 31.2 Å². The molecule has 3 heterocycles. The number of thiazole rings is 1. The number of benzene rings is 1. The maximum absolute atomic E-state index is 12.9. The number of carbonyl (C=O) groups excluding carboxylic acids is 2. The van der Waals surface area contributed by atoms with Gasteiger partial charge in [0.2, 0.25) is 0 Å². The van der Waals surface area contributed by atoms with Crippen molar-refractivity contribution in [2.45, 2.75) is 6.18 Å². The van der Waals surface area contributed by atoms with Gasteiger partial charge in [-0.3, -0.25) is 20.4 Å². The molecule has 0 radical (unpaired) electrons. The maximum atomic E-state index is 12.9. The van der Waals surface area contributed by atoms with Gasteiger partial charge in [0, 0.05) is 24.0 Å². The number of halogens is 3. The van der Waals surface area contributed by atoms with Crippen molar-refractivity contribution in [1.82, 2.24) is 15.8 Å². The summed E-state index contributed by atoms with van der Waals surface area (Å²) < 4.78 is 49.3. The Labute approximate surface area is 184 Å². The van der Waals surface area contributed by atoms with Crippen molar-refractivity contribution < 1.29 is 31.9 Å². The number of furan rings is 1. The third-order valence-corrected chi connectivity index (χ3v) is 5.50. The highest BCUT2D eigenvalue weighted by Gasteiger charge is 2.30. The lowest BCUT2D eigenvalue weighted by Crippen LogP contribution is -2.41. The van der Waals surface area contributed by atoms with E-state index >= 15 is 0 Å². The smallest absolute Gasteiger partial charge is 0.416 e. The minimum absolute atomic E-state index is 0.0854. The average Bonchev–Trinajstić information content (AvgIpc) is 3.48. The fourth-order valence-electron chi connectivity index (χ4n) is 2.97. The summed E-state index contributed by atoms with van der Waals surface area (Å²) in [6.45, 7) is 2.53. The highest BCUT2D eigenvalue weighted by Crippen LogP contribution is 2.32. The number of hydrogen-bond donors (Lipinski definition) is 2. The van der Waals surface area contributed by atoms with Crippen LogP contribution in [0.2, 0.25) is 0 Å². The zero-order valence-electron chi connectivity index (χ0n) is 16.4. The predicted octanol–water partition coefficient (Wildman–Crippen LogP) is 3.33. The van der Waals surface area contributed by atoms with Crippen molar-refractivity contribution in [3.05, 3.63) is 58.8 Å². The fourth-order valence-corrected chi connectivity index (χ4v) is 3.83. The molecule has 32 heavy (non-hydrogen) atoms. The van der Waals surface area contributed by atoms with Crippen LogP contribution in [0.15, 0.2) is 46.2 Å². The van der Waals surface area contributed by atoms with Gasteiger partial charge in [-0.2, -0.15) is 13.2 Å². The Bertz CT molecular complexity index is 1120. The van der Waals surface area contributed by atoms with E-state index in [0.717, 1.165) is 12.1 Å². The van der Waals surface area contributed by atoms with Crippen LogP contribution < -0.4 is 15.8 Å². The van der Waals surface area contributed by atoms with Crippen LogP contribution in [0.4, 0.5) is 18.3 Å². The van der Waals surface area contributed by atoms with Crippen molar-refractivity contribution in [3.63, 3.8) is 0 Å². The van der Waals surface area contributed by atoms with Gasteiger partial charge in [0.05, 0.1) is 18.8 Å². The molecular weight excluding hydrogens is 449 g/mol. The van der Waals surface area contributed by atoms with E-state index in [4.69, 9.17) is 9.15 Å². The molecule has 1 saturated heterocycles. The number of anilines is 1. The van der Waals surface area contributed by atoms with Gasteiger partial charge in [0.25, 0.3) is 5.91 Å². The summed E-state index contributed by atoms with van der Waals surface area (Å²) in [5.74, 6) is -1.47. The molecule has 0 saturated carbocycles. The lowest BCUT2D eigenvalue weighted by Gasteiger charge is -2.25. The fraction of sp³-hybridized carbons (Fsp3) is 0.250. The zero-order valence-corrected chi connectivity index (χ0v) is 17.3. The van der Waals surface area contributed by atoms with Gasteiger partial charge in [0.15, 0.2) is 10.9 Å². The van der Waals surface area contributed by atoms with Crippen LogP contribution in [-0.2, 0) is 10.9 Å². The lowest BCUT2D eigenvalue weighted by atomic mass is 10.1. The second-order valence-corrected chi connectivity index (χ2v) is 7.60. The van der Waals surface area contributed by atoms with Crippen molar-refractivity contribution in [3.8, 4) is 11.3 Å². The topological polar surface area (TPSA) is 96.7 Å². The number of aromatic nitrogens is 1. The first kappa shape index (κ1) is 21.8. The predicted molar refractivity (Wildman–Crippen MR) is 109 cm³/mol. The normalized spacial score (nSPS) is 14.3. The van der Waals surface area contributed by atoms with E-state index in [1.165, 1.54) is 35.6 Å². The van der Waals surface area contributed by atoms with Gasteiger partial charge in [-0.1, -0.05) is 12.1 Å². The van der Waals surface area contributed by atoms with Crippen LogP contribution in [0.3, 0.4) is 0 Å². The van der Waals surface area contributed by atoms with Gasteiger partial charge >= 0.3 is 12.1 Å². The number of alkyl halides is 3. The van der Waals surface area contributed by atoms with Crippen molar-refractivity contribution >= 4 is 28.3 Å². The molecule has 2 N–H and O–H groups in total. The molecule has 0 spiro atoms. The highest BCUT2D eigenvalue weighted by atomic mass is 32.1. The molecule has 0 bridgehead atoms. The summed E-state index contributed by atoms with van der Waals surface area (Å²) in [5.41, 5.74) is 3.93. The average molecular weight is 466 g/mol. The molecule has 0 atom stereocenters. The number of amides is 2. The van der Waals surface area contributed by atoms with Crippen molar-refractivity contribution in [1.29, 1.82) is 0 Å². The molecule has 12 heteroatoms. The van der Waals surface area contributed by atoms with E-state index in [9.17, 15) is 22.8 Å². The number of hydrogen-bond acceptors (Lipinski definition) is 7. The molecule has 1 aliphatic heterocycles. The maximum Gasteiger partial charge on any atom is 0.416 e. The number of morpholine rings is 1. The summed E-state index contributed by atoms with van der Waals surface area (Å²) in [7, 11) is 0. The molecule has 4 rings (SSSR count). The molecule has 168 valence electrons. The van der Waals surface area contributed by atoms with E-state index in [2.05, 4.69) is 15.8 Å². The standard InChI is InChI=1S/C20H17F3N4O4S/c21-20(22,23)13-3-1-2-12(10-13)15-4-5-16(31-15)18(29)26-25-17(28)14-11-32-19(24-14)27-6-8-30-9-7-27/h1-5,10-11H,6-9H2,(H,25,28)(H,26,29). The van der Waals surface area contributed by atoms with Gasteiger partial charge in [-0.15, -0.1) is 11.3 Å². The summed E-state index contributed by atoms with van der Waals surface area (Å²) >= 11 is 1.31. The number of hydrazine groups is 1. The number of rotatable bonds is 4. The second kappa shape index (κ2) is 9.01. The van der Waals surface area contributed by atoms with Gasteiger partial charge in [-0.05, 0) is 24.3 Å². The monoisotopic (exact) mass is 466 g/mol. The molecule has 2 amide bonds. The van der Waals surface area contributed by atoms with Crippen LogP contribution in [0.5, 0.6) is 0 Å². The first-order chi connectivity index (χ1) is 15.3. The number of nitrogens with zero attached hydrogens (tertiary/aromatic N) is 2. The Morgan fingerprint density at radius 1 is 1.06 bits per heavy atom. The Morgan fingerprint density at radius 3 is 2.56 bits per heavy atom. The molecule has 0 aliphatic carbocycles. The lowest BCUT2D eigenvalue weighted by molar-refractivity contribution is -0.137. The third-order valence-electron chi connectivity index (χ3n) is 4.60. The quantitative estimate of drug-likeness (QED) is 0.573. The van der Waals surface area contributed by atoms with E-state index in [1.54, 1.807) is 5.38 Å². The van der Waals surface area contributed by atoms with E-state index in [-0.39, 0.29) is 22.8 Å². The minimum Gasteiger partial charge on any atom is -0.451 e. The van der Waals surface area contributed by atoms with Gasteiger partial charge < -0.3 is 14.1 Å². The Hall–Kier alpha value is -3.38. The molecule has 0 unspecified atom stereocenters. The van der Waals surface area contributed by atoms with Crippen LogP contribution >= 0.6 is 11.3 Å².